The molecule has 0 amide bonds. The van der Waals surface area contributed by atoms with E-state index in [0.29, 0.717) is 28.8 Å². The van der Waals surface area contributed by atoms with Gasteiger partial charge in [0.1, 0.15) is 0 Å². The molecule has 1 aromatic carbocycles. The number of carbonyl (C=O) groups is 2. The fourth-order valence-corrected chi connectivity index (χ4v) is 3.37. The van der Waals surface area contributed by atoms with Crippen molar-refractivity contribution in [3.8, 4) is 0 Å². The molecule has 3 rings (SSSR count). The highest BCUT2D eigenvalue weighted by molar-refractivity contribution is 6.26. The summed E-state index contributed by atoms with van der Waals surface area (Å²) in [5, 5.41) is 13.4. The normalized spacial score (nSPS) is 24.7. The lowest BCUT2D eigenvalue weighted by Crippen LogP contribution is -2.43. The summed E-state index contributed by atoms with van der Waals surface area (Å²) in [6.07, 6.45) is -0.400. The third-order valence-corrected chi connectivity index (χ3v) is 5.01. The Morgan fingerprint density at radius 1 is 1.17 bits per heavy atom. The van der Waals surface area contributed by atoms with Crippen molar-refractivity contribution in [3.63, 3.8) is 0 Å². The predicted molar refractivity (Wildman–Crippen MR) is 85.3 cm³/mol. The minimum Gasteiger partial charge on any atom is -0.391 e. The number of β-amino-alcohol motifs (C(OH)–C–C–N with tert-alkyl or cyclic N) is 1. The van der Waals surface area contributed by atoms with E-state index in [1.165, 1.54) is 0 Å². The molecule has 0 fully saturated rings. The zero-order chi connectivity index (χ0) is 16.8. The van der Waals surface area contributed by atoms with E-state index in [-0.39, 0.29) is 24.0 Å². The molecular formula is C18H21NO4. The summed E-state index contributed by atoms with van der Waals surface area (Å²) in [6.45, 7) is 3.99. The summed E-state index contributed by atoms with van der Waals surface area (Å²) in [6, 6.07) is 6.85. The SMILES string of the molecule is COC(C)(C)[C@H]1CC2=C(NC[C@H]1O)C(=O)c1ccccc1C2=O. The van der Waals surface area contributed by atoms with Crippen LogP contribution in [0, 0.1) is 5.92 Å². The second-order valence-corrected chi connectivity index (χ2v) is 6.62. The number of nitrogens with one attached hydrogen (secondary N) is 1. The molecule has 1 heterocycles. The minimum atomic E-state index is -0.709. The summed E-state index contributed by atoms with van der Waals surface area (Å²) in [4.78, 5) is 25.5. The molecule has 0 saturated heterocycles. The number of aliphatic hydroxyl groups excluding tert-OH is 1. The van der Waals surface area contributed by atoms with Gasteiger partial charge < -0.3 is 15.2 Å². The van der Waals surface area contributed by atoms with E-state index in [1.54, 1.807) is 31.4 Å². The topological polar surface area (TPSA) is 75.6 Å². The molecule has 0 aromatic heterocycles. The van der Waals surface area contributed by atoms with Crippen LogP contribution in [0.2, 0.25) is 0 Å². The van der Waals surface area contributed by atoms with Crippen molar-refractivity contribution in [1.82, 2.24) is 5.32 Å². The van der Waals surface area contributed by atoms with Gasteiger partial charge in [-0.3, -0.25) is 9.59 Å². The van der Waals surface area contributed by atoms with Crippen molar-refractivity contribution < 1.29 is 19.4 Å². The van der Waals surface area contributed by atoms with E-state index in [0.717, 1.165) is 0 Å². The number of hydrogen-bond donors (Lipinski definition) is 2. The van der Waals surface area contributed by atoms with Crippen LogP contribution in [-0.4, -0.2) is 42.0 Å². The van der Waals surface area contributed by atoms with Gasteiger partial charge in [-0.05, 0) is 20.3 Å². The Hall–Kier alpha value is -1.98. The Morgan fingerprint density at radius 2 is 1.78 bits per heavy atom. The molecule has 2 aliphatic rings. The summed E-state index contributed by atoms with van der Waals surface area (Å²) >= 11 is 0. The van der Waals surface area contributed by atoms with Crippen molar-refractivity contribution in [2.24, 2.45) is 5.92 Å². The molecule has 2 N–H and O–H groups in total. The van der Waals surface area contributed by atoms with E-state index in [1.807, 2.05) is 13.8 Å². The summed E-state index contributed by atoms with van der Waals surface area (Å²) < 4.78 is 5.51. The Morgan fingerprint density at radius 3 is 2.39 bits per heavy atom. The zero-order valence-corrected chi connectivity index (χ0v) is 13.6. The fraction of sp³-hybridized carbons (Fsp3) is 0.444. The van der Waals surface area contributed by atoms with Crippen molar-refractivity contribution in [3.05, 3.63) is 46.7 Å². The van der Waals surface area contributed by atoms with Gasteiger partial charge in [-0.2, -0.15) is 0 Å². The van der Waals surface area contributed by atoms with Crippen LogP contribution in [0.1, 0.15) is 41.0 Å². The molecule has 1 aromatic rings. The standard InChI is InChI=1S/C18H21NO4/c1-18(2,23-3)13-8-12-15(19-9-14(13)20)17(22)11-7-5-4-6-10(11)16(12)21/h4-7,13-14,19-20H,8-9H2,1-3H3/t13-,14+/m0/s1. The largest absolute Gasteiger partial charge is 0.391 e. The van der Waals surface area contributed by atoms with Gasteiger partial charge in [-0.25, -0.2) is 0 Å². The quantitative estimate of drug-likeness (QED) is 0.869. The van der Waals surface area contributed by atoms with Crippen LogP contribution < -0.4 is 5.32 Å². The van der Waals surface area contributed by atoms with E-state index in [9.17, 15) is 14.7 Å². The molecule has 0 bridgehead atoms. The van der Waals surface area contributed by atoms with Crippen molar-refractivity contribution in [2.75, 3.05) is 13.7 Å². The van der Waals surface area contributed by atoms with E-state index in [4.69, 9.17) is 4.74 Å². The highest BCUT2D eigenvalue weighted by Crippen LogP contribution is 2.36. The zero-order valence-electron chi connectivity index (χ0n) is 13.6. The second-order valence-electron chi connectivity index (χ2n) is 6.62. The number of hydrogen-bond acceptors (Lipinski definition) is 5. The third kappa shape index (κ3) is 2.50. The second kappa shape index (κ2) is 5.58. The van der Waals surface area contributed by atoms with Crippen LogP contribution >= 0.6 is 0 Å². The fourth-order valence-electron chi connectivity index (χ4n) is 3.37. The molecule has 0 unspecified atom stereocenters. The van der Waals surface area contributed by atoms with Gasteiger partial charge in [-0.15, -0.1) is 0 Å². The van der Waals surface area contributed by atoms with Gasteiger partial charge in [0.2, 0.25) is 5.78 Å². The maximum Gasteiger partial charge on any atom is 0.210 e. The number of methoxy groups -OCH3 is 1. The van der Waals surface area contributed by atoms with Crippen LogP contribution in [0.25, 0.3) is 0 Å². The van der Waals surface area contributed by atoms with Gasteiger partial charge >= 0.3 is 0 Å². The summed E-state index contributed by atoms with van der Waals surface area (Å²) in [5.74, 6) is -0.610. The van der Waals surface area contributed by atoms with Crippen molar-refractivity contribution in [2.45, 2.75) is 32.0 Å². The molecule has 0 radical (unpaired) electrons. The number of carbonyl (C=O) groups excluding carboxylic acids is 2. The molecule has 5 nitrogen and oxygen atoms in total. The molecule has 5 heteroatoms. The first-order valence-electron chi connectivity index (χ1n) is 7.75. The lowest BCUT2D eigenvalue weighted by Gasteiger charge is -2.35. The van der Waals surface area contributed by atoms with E-state index >= 15 is 0 Å². The molecular weight excluding hydrogens is 294 g/mol. The predicted octanol–water partition coefficient (Wildman–Crippen LogP) is 1.72. The number of allylic oxidation sites excluding steroid dienone is 2. The monoisotopic (exact) mass is 315 g/mol. The molecule has 23 heavy (non-hydrogen) atoms. The van der Waals surface area contributed by atoms with E-state index in [2.05, 4.69) is 5.32 Å². The Bertz CT molecular complexity index is 705. The van der Waals surface area contributed by atoms with Crippen molar-refractivity contribution in [1.29, 1.82) is 0 Å². The molecule has 1 aliphatic heterocycles. The van der Waals surface area contributed by atoms with Crippen LogP contribution in [0.4, 0.5) is 0 Å². The third-order valence-electron chi connectivity index (χ3n) is 5.01. The number of benzene rings is 1. The molecule has 2 atom stereocenters. The first kappa shape index (κ1) is 15.9. The van der Waals surface area contributed by atoms with Gasteiger partial charge in [0.15, 0.2) is 5.78 Å². The van der Waals surface area contributed by atoms with Gasteiger partial charge in [0.05, 0.1) is 17.4 Å². The summed E-state index contributed by atoms with van der Waals surface area (Å²) in [5.41, 5.74) is 1.01. The average Bonchev–Trinajstić information content (AvgIpc) is 2.73. The number of ether oxygens (including phenoxy) is 1. The van der Waals surface area contributed by atoms with E-state index < -0.39 is 11.7 Å². The first-order chi connectivity index (χ1) is 10.9. The lowest BCUT2D eigenvalue weighted by atomic mass is 9.78. The average molecular weight is 315 g/mol. The number of rotatable bonds is 2. The molecule has 0 saturated carbocycles. The Labute approximate surface area is 135 Å². The van der Waals surface area contributed by atoms with Gasteiger partial charge in [0.25, 0.3) is 0 Å². The smallest absolute Gasteiger partial charge is 0.210 e. The number of fused-ring (bicyclic) bond motifs is 1. The number of ketones is 2. The number of aliphatic hydroxyl groups is 1. The maximum atomic E-state index is 12.8. The van der Waals surface area contributed by atoms with Crippen LogP contribution in [0.5, 0.6) is 0 Å². The molecule has 122 valence electrons. The van der Waals surface area contributed by atoms with Crippen LogP contribution in [-0.2, 0) is 4.74 Å². The Balaban J connectivity index is 2.07. The summed E-state index contributed by atoms with van der Waals surface area (Å²) in [7, 11) is 1.59. The maximum absolute atomic E-state index is 12.8. The highest BCUT2D eigenvalue weighted by atomic mass is 16.5. The highest BCUT2D eigenvalue weighted by Gasteiger charge is 2.42. The first-order valence-corrected chi connectivity index (χ1v) is 7.75. The molecule has 0 spiro atoms. The number of Topliss-reactive ketones (excluding diaryl/α,β-unsaturated/α-hetero) is 2. The van der Waals surface area contributed by atoms with Crippen molar-refractivity contribution >= 4 is 11.6 Å². The van der Waals surface area contributed by atoms with Crippen LogP contribution in [0.3, 0.4) is 0 Å². The minimum absolute atomic E-state index is 0.145. The Kier molecular flexibility index (Phi) is 3.86. The van der Waals surface area contributed by atoms with Gasteiger partial charge in [0, 0.05) is 36.3 Å². The lowest BCUT2D eigenvalue weighted by molar-refractivity contribution is -0.0715. The molecule has 1 aliphatic carbocycles. The van der Waals surface area contributed by atoms with Gasteiger partial charge in [-0.1, -0.05) is 24.3 Å². The van der Waals surface area contributed by atoms with Crippen LogP contribution in [0.15, 0.2) is 35.5 Å².